The lowest BCUT2D eigenvalue weighted by Crippen LogP contribution is -2.29. The molecule has 126 valence electrons. The molecule has 0 unspecified atom stereocenters. The van der Waals surface area contributed by atoms with Crippen LogP contribution < -0.4 is 10.5 Å². The highest BCUT2D eigenvalue weighted by Crippen LogP contribution is 2.34. The van der Waals surface area contributed by atoms with Crippen molar-refractivity contribution in [2.75, 3.05) is 19.7 Å². The number of aryl methyl sites for hydroxylation is 1. The van der Waals surface area contributed by atoms with Crippen molar-refractivity contribution in [2.24, 2.45) is 18.7 Å². The third-order valence-electron chi connectivity index (χ3n) is 5.07. The molecule has 2 atom stereocenters. The van der Waals surface area contributed by atoms with Crippen LogP contribution in [0.5, 0.6) is 5.75 Å². The molecule has 1 aromatic heterocycles. The molecule has 0 radical (unpaired) electrons. The number of likely N-dealkylation sites (tertiary alicyclic amines) is 1. The molecule has 1 amide bonds. The maximum absolute atomic E-state index is 11.9. The number of hydrogen-bond acceptors (Lipinski definition) is 4. The maximum atomic E-state index is 11.9. The fourth-order valence-corrected chi connectivity index (χ4v) is 3.87. The molecule has 0 spiro atoms. The van der Waals surface area contributed by atoms with Gasteiger partial charge >= 0.3 is 0 Å². The standard InChI is InChI=1S/C18H22N4O2/c1-21-9-14(7-20-21)15-10-22(11-16(15)18(19)23)8-12-2-3-17-13(6-12)4-5-24-17/h2-3,6-7,9,15-16H,4-5,8,10-11H2,1H3,(H2,19,23)/t15-,16+/m1/s1. The lowest BCUT2D eigenvalue weighted by molar-refractivity contribution is -0.121. The molecule has 0 bridgehead atoms. The van der Waals surface area contributed by atoms with Gasteiger partial charge in [-0.05, 0) is 22.8 Å². The predicted molar refractivity (Wildman–Crippen MR) is 89.6 cm³/mol. The van der Waals surface area contributed by atoms with E-state index in [2.05, 4.69) is 28.2 Å². The molecule has 4 rings (SSSR count). The monoisotopic (exact) mass is 326 g/mol. The Morgan fingerprint density at radius 3 is 3.04 bits per heavy atom. The summed E-state index contributed by atoms with van der Waals surface area (Å²) >= 11 is 0. The smallest absolute Gasteiger partial charge is 0.222 e. The summed E-state index contributed by atoms with van der Waals surface area (Å²) in [5, 5.41) is 4.24. The van der Waals surface area contributed by atoms with Crippen LogP contribution in [0.2, 0.25) is 0 Å². The van der Waals surface area contributed by atoms with E-state index in [0.29, 0.717) is 6.54 Å². The number of nitrogens with zero attached hydrogens (tertiary/aromatic N) is 3. The van der Waals surface area contributed by atoms with Crippen LogP contribution in [0, 0.1) is 5.92 Å². The fraction of sp³-hybridized carbons (Fsp3) is 0.444. The minimum atomic E-state index is -0.228. The van der Waals surface area contributed by atoms with Crippen LogP contribution in [0.15, 0.2) is 30.6 Å². The first kappa shape index (κ1) is 15.2. The van der Waals surface area contributed by atoms with E-state index in [-0.39, 0.29) is 17.7 Å². The number of carbonyl (C=O) groups excluding carboxylic acids is 1. The lowest BCUT2D eigenvalue weighted by atomic mass is 9.90. The van der Waals surface area contributed by atoms with Crippen LogP contribution in [0.4, 0.5) is 0 Å². The van der Waals surface area contributed by atoms with Crippen LogP contribution in [-0.2, 0) is 24.8 Å². The Balaban J connectivity index is 1.51. The SMILES string of the molecule is Cn1cc([C@H]2CN(Cc3ccc4c(c3)CCO4)C[C@@H]2C(N)=O)cn1. The molecule has 24 heavy (non-hydrogen) atoms. The number of benzene rings is 1. The van der Waals surface area contributed by atoms with Crippen molar-refractivity contribution in [3.05, 3.63) is 47.3 Å². The molecule has 1 aromatic carbocycles. The van der Waals surface area contributed by atoms with Gasteiger partial charge in [0.15, 0.2) is 0 Å². The van der Waals surface area contributed by atoms with Crippen molar-refractivity contribution >= 4 is 5.91 Å². The second-order valence-electron chi connectivity index (χ2n) is 6.80. The number of aromatic nitrogens is 2. The quantitative estimate of drug-likeness (QED) is 0.912. The summed E-state index contributed by atoms with van der Waals surface area (Å²) in [5.74, 6) is 0.734. The molecule has 2 N–H and O–H groups in total. The van der Waals surface area contributed by atoms with E-state index < -0.39 is 0 Å². The molecular formula is C18H22N4O2. The predicted octanol–water partition coefficient (Wildman–Crippen LogP) is 1.06. The summed E-state index contributed by atoms with van der Waals surface area (Å²) < 4.78 is 7.34. The summed E-state index contributed by atoms with van der Waals surface area (Å²) in [6.45, 7) is 3.12. The normalized spacial score (nSPS) is 23.2. The minimum Gasteiger partial charge on any atom is -0.493 e. The molecule has 6 heteroatoms. The Morgan fingerprint density at radius 2 is 2.29 bits per heavy atom. The van der Waals surface area contributed by atoms with Gasteiger partial charge in [0, 0.05) is 45.2 Å². The Bertz CT molecular complexity index is 770. The van der Waals surface area contributed by atoms with Gasteiger partial charge in [-0.3, -0.25) is 14.4 Å². The highest BCUT2D eigenvalue weighted by Gasteiger charge is 2.37. The van der Waals surface area contributed by atoms with E-state index >= 15 is 0 Å². The summed E-state index contributed by atoms with van der Waals surface area (Å²) in [4.78, 5) is 14.2. The fourth-order valence-electron chi connectivity index (χ4n) is 3.87. The summed E-state index contributed by atoms with van der Waals surface area (Å²) in [6.07, 6.45) is 4.80. The van der Waals surface area contributed by atoms with E-state index in [1.54, 1.807) is 4.68 Å². The number of nitrogens with two attached hydrogens (primary N) is 1. The Hall–Kier alpha value is -2.34. The lowest BCUT2D eigenvalue weighted by Gasteiger charge is -2.16. The largest absolute Gasteiger partial charge is 0.493 e. The maximum Gasteiger partial charge on any atom is 0.222 e. The van der Waals surface area contributed by atoms with Gasteiger partial charge in [-0.25, -0.2) is 0 Å². The van der Waals surface area contributed by atoms with E-state index in [9.17, 15) is 4.79 Å². The number of amides is 1. The average molecular weight is 326 g/mol. The number of primary amides is 1. The molecule has 2 aliphatic rings. The molecule has 2 aromatic rings. The van der Waals surface area contributed by atoms with E-state index in [1.807, 2.05) is 19.4 Å². The van der Waals surface area contributed by atoms with Crippen molar-refractivity contribution in [1.82, 2.24) is 14.7 Å². The van der Waals surface area contributed by atoms with Gasteiger partial charge in [-0.1, -0.05) is 12.1 Å². The first-order valence-electron chi connectivity index (χ1n) is 8.35. The molecule has 2 aliphatic heterocycles. The number of rotatable bonds is 4. The highest BCUT2D eigenvalue weighted by molar-refractivity contribution is 5.78. The number of ether oxygens (including phenoxy) is 1. The van der Waals surface area contributed by atoms with Crippen LogP contribution in [-0.4, -0.2) is 40.3 Å². The molecule has 1 saturated heterocycles. The Kier molecular flexibility index (Phi) is 3.76. The van der Waals surface area contributed by atoms with Gasteiger partial charge in [-0.2, -0.15) is 5.10 Å². The van der Waals surface area contributed by atoms with Gasteiger partial charge in [-0.15, -0.1) is 0 Å². The Morgan fingerprint density at radius 1 is 1.42 bits per heavy atom. The topological polar surface area (TPSA) is 73.4 Å². The highest BCUT2D eigenvalue weighted by atomic mass is 16.5. The van der Waals surface area contributed by atoms with Gasteiger partial charge in [0.2, 0.25) is 5.91 Å². The van der Waals surface area contributed by atoms with Gasteiger partial charge in [0.05, 0.1) is 18.7 Å². The summed E-state index contributed by atoms with van der Waals surface area (Å²) in [6, 6.07) is 6.39. The van der Waals surface area contributed by atoms with E-state index in [4.69, 9.17) is 10.5 Å². The molecular weight excluding hydrogens is 304 g/mol. The molecule has 0 saturated carbocycles. The van der Waals surface area contributed by atoms with Crippen LogP contribution in [0.1, 0.15) is 22.6 Å². The third kappa shape index (κ3) is 2.78. The molecule has 0 aliphatic carbocycles. The molecule has 6 nitrogen and oxygen atoms in total. The van der Waals surface area contributed by atoms with Gasteiger partial charge in [0.25, 0.3) is 0 Å². The van der Waals surface area contributed by atoms with Crippen molar-refractivity contribution < 1.29 is 9.53 Å². The van der Waals surface area contributed by atoms with Crippen molar-refractivity contribution in [3.63, 3.8) is 0 Å². The molecule has 3 heterocycles. The van der Waals surface area contributed by atoms with E-state index in [0.717, 1.165) is 37.4 Å². The van der Waals surface area contributed by atoms with Crippen molar-refractivity contribution in [3.8, 4) is 5.75 Å². The third-order valence-corrected chi connectivity index (χ3v) is 5.07. The zero-order chi connectivity index (χ0) is 16.7. The molecule has 1 fully saturated rings. The first-order chi connectivity index (χ1) is 11.6. The number of carbonyl (C=O) groups is 1. The summed E-state index contributed by atoms with van der Waals surface area (Å²) in [7, 11) is 1.89. The second-order valence-corrected chi connectivity index (χ2v) is 6.80. The van der Waals surface area contributed by atoms with Crippen LogP contribution >= 0.6 is 0 Å². The van der Waals surface area contributed by atoms with Gasteiger partial charge in [0.1, 0.15) is 5.75 Å². The van der Waals surface area contributed by atoms with Crippen LogP contribution in [0.25, 0.3) is 0 Å². The second kappa shape index (κ2) is 5.94. The van der Waals surface area contributed by atoms with Crippen LogP contribution in [0.3, 0.4) is 0 Å². The number of fused-ring (bicyclic) bond motifs is 1. The number of hydrogen-bond donors (Lipinski definition) is 1. The zero-order valence-electron chi connectivity index (χ0n) is 13.8. The Labute approximate surface area is 141 Å². The average Bonchev–Trinajstić information content (AvgIpc) is 3.25. The first-order valence-corrected chi connectivity index (χ1v) is 8.35. The van der Waals surface area contributed by atoms with Crippen molar-refractivity contribution in [2.45, 2.75) is 18.9 Å². The summed E-state index contributed by atoms with van der Waals surface area (Å²) in [5.41, 5.74) is 9.28. The van der Waals surface area contributed by atoms with Crippen molar-refractivity contribution in [1.29, 1.82) is 0 Å². The van der Waals surface area contributed by atoms with E-state index in [1.165, 1.54) is 11.1 Å². The van der Waals surface area contributed by atoms with Gasteiger partial charge < -0.3 is 10.5 Å². The minimum absolute atomic E-state index is 0.119. The zero-order valence-corrected chi connectivity index (χ0v) is 13.8.